The highest BCUT2D eigenvalue weighted by Crippen LogP contribution is 2.26. The van der Waals surface area contributed by atoms with E-state index in [2.05, 4.69) is 15.0 Å². The summed E-state index contributed by atoms with van der Waals surface area (Å²) in [5.41, 5.74) is 5.78. The Morgan fingerprint density at radius 1 is 1.35 bits per heavy atom. The third-order valence-corrected chi connectivity index (χ3v) is 3.66. The average Bonchev–Trinajstić information content (AvgIpc) is 2.47. The first-order valence-corrected chi connectivity index (χ1v) is 6.70. The topological polar surface area (TPSA) is 94.3 Å². The standard InChI is InChI=1S/C14H19N3O3/c1-20-14(19)10-6-7-16-12(8-10)17-11-4-2-9(3-5-11)13(15)18/h6-9,11H,2-5H2,1H3,(H2,15,18)(H,16,17). The molecule has 0 atom stereocenters. The van der Waals surface area contributed by atoms with Gasteiger partial charge in [0.1, 0.15) is 5.82 Å². The molecule has 0 radical (unpaired) electrons. The molecule has 108 valence electrons. The van der Waals surface area contributed by atoms with Crippen LogP contribution in [-0.4, -0.2) is 30.0 Å². The lowest BCUT2D eigenvalue weighted by atomic mass is 9.85. The number of anilines is 1. The molecule has 1 aromatic rings. The molecule has 1 saturated carbocycles. The third-order valence-electron chi connectivity index (χ3n) is 3.66. The third kappa shape index (κ3) is 3.46. The average molecular weight is 277 g/mol. The van der Waals surface area contributed by atoms with Crippen LogP contribution in [0.2, 0.25) is 0 Å². The molecule has 3 N–H and O–H groups in total. The number of nitrogens with zero attached hydrogens (tertiary/aromatic N) is 1. The fourth-order valence-corrected chi connectivity index (χ4v) is 2.49. The molecule has 0 aromatic carbocycles. The van der Waals surface area contributed by atoms with Crippen LogP contribution in [0.15, 0.2) is 18.3 Å². The summed E-state index contributed by atoms with van der Waals surface area (Å²) in [6.45, 7) is 0. The molecule has 2 rings (SSSR count). The van der Waals surface area contributed by atoms with E-state index >= 15 is 0 Å². The van der Waals surface area contributed by atoms with Gasteiger partial charge in [0.05, 0.1) is 12.7 Å². The minimum atomic E-state index is -0.382. The minimum Gasteiger partial charge on any atom is -0.465 e. The van der Waals surface area contributed by atoms with Crippen LogP contribution in [0.1, 0.15) is 36.0 Å². The fourth-order valence-electron chi connectivity index (χ4n) is 2.49. The van der Waals surface area contributed by atoms with Gasteiger partial charge in [0.15, 0.2) is 0 Å². The monoisotopic (exact) mass is 277 g/mol. The first-order chi connectivity index (χ1) is 9.60. The number of hydrogen-bond acceptors (Lipinski definition) is 5. The van der Waals surface area contributed by atoms with Crippen molar-refractivity contribution in [1.29, 1.82) is 0 Å². The summed E-state index contributed by atoms with van der Waals surface area (Å²) in [7, 11) is 1.35. The number of ether oxygens (including phenoxy) is 1. The number of carbonyl (C=O) groups is 2. The van der Waals surface area contributed by atoms with E-state index in [9.17, 15) is 9.59 Å². The zero-order valence-corrected chi connectivity index (χ0v) is 11.5. The maximum atomic E-state index is 11.4. The van der Waals surface area contributed by atoms with Gasteiger partial charge in [0, 0.05) is 18.2 Å². The zero-order valence-electron chi connectivity index (χ0n) is 11.5. The van der Waals surface area contributed by atoms with E-state index in [0.29, 0.717) is 11.4 Å². The lowest BCUT2D eigenvalue weighted by Gasteiger charge is -2.27. The largest absolute Gasteiger partial charge is 0.465 e. The molecule has 0 saturated heterocycles. The molecule has 1 fully saturated rings. The fraction of sp³-hybridized carbons (Fsp3) is 0.500. The number of pyridine rings is 1. The Morgan fingerprint density at radius 3 is 2.65 bits per heavy atom. The molecule has 1 heterocycles. The van der Waals surface area contributed by atoms with E-state index in [4.69, 9.17) is 5.73 Å². The Balaban J connectivity index is 1.94. The van der Waals surface area contributed by atoms with Gasteiger partial charge in [-0.05, 0) is 37.8 Å². The molecule has 0 spiro atoms. The van der Waals surface area contributed by atoms with Crippen molar-refractivity contribution in [3.63, 3.8) is 0 Å². The van der Waals surface area contributed by atoms with Crippen LogP contribution in [0.4, 0.5) is 5.82 Å². The second-order valence-electron chi connectivity index (χ2n) is 5.02. The second-order valence-corrected chi connectivity index (χ2v) is 5.02. The number of amides is 1. The van der Waals surface area contributed by atoms with Crippen molar-refractivity contribution in [2.75, 3.05) is 12.4 Å². The van der Waals surface area contributed by atoms with E-state index in [1.807, 2.05) is 0 Å². The zero-order chi connectivity index (χ0) is 14.5. The number of hydrogen-bond donors (Lipinski definition) is 2. The Hall–Kier alpha value is -2.11. The molecule has 0 unspecified atom stereocenters. The van der Waals surface area contributed by atoms with Crippen molar-refractivity contribution in [3.8, 4) is 0 Å². The van der Waals surface area contributed by atoms with Crippen molar-refractivity contribution < 1.29 is 14.3 Å². The summed E-state index contributed by atoms with van der Waals surface area (Å²) in [5.74, 6) is 0.0417. The quantitative estimate of drug-likeness (QED) is 0.809. The minimum absolute atomic E-state index is 0.0117. The highest BCUT2D eigenvalue weighted by molar-refractivity contribution is 5.90. The maximum Gasteiger partial charge on any atom is 0.338 e. The van der Waals surface area contributed by atoms with Gasteiger partial charge in [-0.2, -0.15) is 0 Å². The maximum absolute atomic E-state index is 11.4. The number of methoxy groups -OCH3 is 1. The molecular weight excluding hydrogens is 258 g/mol. The number of rotatable bonds is 4. The summed E-state index contributed by atoms with van der Waals surface area (Å²) in [4.78, 5) is 26.8. The predicted molar refractivity (Wildman–Crippen MR) is 74.1 cm³/mol. The van der Waals surface area contributed by atoms with Crippen LogP contribution in [-0.2, 0) is 9.53 Å². The van der Waals surface area contributed by atoms with E-state index in [-0.39, 0.29) is 23.8 Å². The highest BCUT2D eigenvalue weighted by atomic mass is 16.5. The van der Waals surface area contributed by atoms with Crippen LogP contribution < -0.4 is 11.1 Å². The lowest BCUT2D eigenvalue weighted by Crippen LogP contribution is -2.32. The molecular formula is C14H19N3O3. The molecule has 1 aromatic heterocycles. The van der Waals surface area contributed by atoms with Gasteiger partial charge in [0.2, 0.25) is 5.91 Å². The number of carbonyl (C=O) groups excluding carboxylic acids is 2. The van der Waals surface area contributed by atoms with Gasteiger partial charge in [-0.3, -0.25) is 4.79 Å². The van der Waals surface area contributed by atoms with Crippen molar-refractivity contribution in [3.05, 3.63) is 23.9 Å². The van der Waals surface area contributed by atoms with E-state index < -0.39 is 0 Å². The first kappa shape index (κ1) is 14.3. The predicted octanol–water partition coefficient (Wildman–Crippen LogP) is 1.32. The molecule has 6 nitrogen and oxygen atoms in total. The second kappa shape index (κ2) is 6.36. The van der Waals surface area contributed by atoms with Crippen molar-refractivity contribution in [2.24, 2.45) is 11.7 Å². The van der Waals surface area contributed by atoms with Gasteiger partial charge in [-0.1, -0.05) is 0 Å². The Morgan fingerprint density at radius 2 is 2.05 bits per heavy atom. The van der Waals surface area contributed by atoms with Crippen LogP contribution in [0, 0.1) is 5.92 Å². The lowest BCUT2D eigenvalue weighted by molar-refractivity contribution is -0.122. The van der Waals surface area contributed by atoms with Crippen LogP contribution in [0.3, 0.4) is 0 Å². The Kier molecular flexibility index (Phi) is 4.55. The summed E-state index contributed by atoms with van der Waals surface area (Å²) in [6.07, 6.45) is 4.91. The number of aromatic nitrogens is 1. The molecule has 0 bridgehead atoms. The first-order valence-electron chi connectivity index (χ1n) is 6.70. The van der Waals surface area contributed by atoms with Gasteiger partial charge in [-0.25, -0.2) is 9.78 Å². The van der Waals surface area contributed by atoms with E-state index in [1.165, 1.54) is 7.11 Å². The van der Waals surface area contributed by atoms with E-state index in [0.717, 1.165) is 25.7 Å². The molecule has 1 aliphatic rings. The Labute approximate surface area is 117 Å². The van der Waals surface area contributed by atoms with Crippen molar-refractivity contribution in [2.45, 2.75) is 31.7 Å². The molecule has 1 aliphatic carbocycles. The van der Waals surface area contributed by atoms with Crippen molar-refractivity contribution in [1.82, 2.24) is 4.98 Å². The van der Waals surface area contributed by atoms with Gasteiger partial charge >= 0.3 is 5.97 Å². The van der Waals surface area contributed by atoms with Crippen molar-refractivity contribution >= 4 is 17.7 Å². The molecule has 20 heavy (non-hydrogen) atoms. The van der Waals surface area contributed by atoms with Gasteiger partial charge < -0.3 is 15.8 Å². The highest BCUT2D eigenvalue weighted by Gasteiger charge is 2.24. The van der Waals surface area contributed by atoms with E-state index in [1.54, 1.807) is 18.3 Å². The normalized spacial score (nSPS) is 22.1. The summed E-state index contributed by atoms with van der Waals surface area (Å²) < 4.78 is 4.68. The number of esters is 1. The molecule has 0 aliphatic heterocycles. The summed E-state index contributed by atoms with van der Waals surface area (Å²) in [6, 6.07) is 3.54. The smallest absolute Gasteiger partial charge is 0.338 e. The SMILES string of the molecule is COC(=O)c1ccnc(NC2CCC(C(N)=O)CC2)c1. The summed E-state index contributed by atoms with van der Waals surface area (Å²) in [5, 5.41) is 3.29. The number of nitrogens with one attached hydrogen (secondary N) is 1. The number of primary amides is 1. The molecule has 6 heteroatoms. The Bertz CT molecular complexity index is 496. The van der Waals surface area contributed by atoms with Crippen LogP contribution in [0.5, 0.6) is 0 Å². The summed E-state index contributed by atoms with van der Waals surface area (Å²) >= 11 is 0. The van der Waals surface area contributed by atoms with Crippen LogP contribution >= 0.6 is 0 Å². The number of nitrogens with two attached hydrogens (primary N) is 1. The molecule has 1 amide bonds. The van der Waals surface area contributed by atoms with Gasteiger partial charge in [0.25, 0.3) is 0 Å². The van der Waals surface area contributed by atoms with Crippen LogP contribution in [0.25, 0.3) is 0 Å². The van der Waals surface area contributed by atoms with Gasteiger partial charge in [-0.15, -0.1) is 0 Å².